The molecule has 2 rings (SSSR count). The first kappa shape index (κ1) is 13.9. The lowest BCUT2D eigenvalue weighted by atomic mass is 9.94. The Morgan fingerprint density at radius 2 is 2.00 bits per heavy atom. The normalized spacial score (nSPS) is 24.2. The maximum Gasteiger partial charge on any atom is 0.123 e. The van der Waals surface area contributed by atoms with Gasteiger partial charge >= 0.3 is 0 Å². The van der Waals surface area contributed by atoms with E-state index in [9.17, 15) is 4.39 Å². The van der Waals surface area contributed by atoms with Crippen LogP contribution in [0, 0.1) is 12.7 Å². The molecule has 0 radical (unpaired) electrons. The first-order valence-electron chi connectivity index (χ1n) is 6.70. The van der Waals surface area contributed by atoms with E-state index in [4.69, 9.17) is 0 Å². The van der Waals surface area contributed by atoms with Crippen molar-refractivity contribution in [2.75, 3.05) is 6.26 Å². The number of nitrogens with one attached hydrogen (secondary N) is 1. The Hall–Kier alpha value is -0.540. The van der Waals surface area contributed by atoms with Gasteiger partial charge in [0.15, 0.2) is 0 Å². The minimum atomic E-state index is -0.136. The minimum absolute atomic E-state index is 0.136. The van der Waals surface area contributed by atoms with Crippen LogP contribution >= 0.6 is 11.8 Å². The van der Waals surface area contributed by atoms with E-state index < -0.39 is 0 Å². The van der Waals surface area contributed by atoms with Crippen LogP contribution in [0.4, 0.5) is 4.39 Å². The summed E-state index contributed by atoms with van der Waals surface area (Å²) in [6.07, 6.45) is 7.32. The van der Waals surface area contributed by atoms with Crippen molar-refractivity contribution >= 4 is 11.8 Å². The van der Waals surface area contributed by atoms with E-state index >= 15 is 0 Å². The second-order valence-electron chi connectivity index (χ2n) is 5.16. The second-order valence-corrected chi connectivity index (χ2v) is 6.30. The number of halogens is 1. The lowest BCUT2D eigenvalue weighted by Crippen LogP contribution is -2.33. The summed E-state index contributed by atoms with van der Waals surface area (Å²) in [6.45, 7) is 2.83. The van der Waals surface area contributed by atoms with Gasteiger partial charge in [-0.1, -0.05) is 6.07 Å². The van der Waals surface area contributed by atoms with Crippen molar-refractivity contribution in [3.05, 3.63) is 35.1 Å². The number of thioether (sulfide) groups is 1. The van der Waals surface area contributed by atoms with Gasteiger partial charge in [0.1, 0.15) is 5.82 Å². The Morgan fingerprint density at radius 3 is 2.67 bits per heavy atom. The van der Waals surface area contributed by atoms with Crippen molar-refractivity contribution in [2.24, 2.45) is 0 Å². The molecule has 1 fully saturated rings. The predicted octanol–water partition coefficient (Wildman–Crippen LogP) is 3.90. The van der Waals surface area contributed by atoms with Crippen LogP contribution in [-0.4, -0.2) is 17.5 Å². The molecule has 18 heavy (non-hydrogen) atoms. The van der Waals surface area contributed by atoms with Crippen LogP contribution in [0.3, 0.4) is 0 Å². The fraction of sp³-hybridized carbons (Fsp3) is 0.600. The van der Waals surface area contributed by atoms with Crippen LogP contribution in [0.2, 0.25) is 0 Å². The van der Waals surface area contributed by atoms with Crippen LogP contribution in [0.25, 0.3) is 0 Å². The van der Waals surface area contributed by atoms with Crippen molar-refractivity contribution < 1.29 is 4.39 Å². The number of rotatable bonds is 4. The van der Waals surface area contributed by atoms with Gasteiger partial charge in [-0.25, -0.2) is 4.39 Å². The molecule has 1 N–H and O–H groups in total. The van der Waals surface area contributed by atoms with Crippen molar-refractivity contribution in [3.8, 4) is 0 Å². The summed E-state index contributed by atoms with van der Waals surface area (Å²) in [5.74, 6) is -0.136. The van der Waals surface area contributed by atoms with E-state index in [1.54, 1.807) is 6.07 Å². The fourth-order valence-corrected chi connectivity index (χ4v) is 3.33. The Bertz CT molecular complexity index is 386. The smallest absolute Gasteiger partial charge is 0.123 e. The third kappa shape index (κ3) is 3.72. The zero-order chi connectivity index (χ0) is 13.0. The molecule has 0 unspecified atom stereocenters. The minimum Gasteiger partial charge on any atom is -0.310 e. The third-order valence-electron chi connectivity index (χ3n) is 3.90. The van der Waals surface area contributed by atoms with E-state index in [1.807, 2.05) is 24.8 Å². The summed E-state index contributed by atoms with van der Waals surface area (Å²) < 4.78 is 13.2. The molecule has 0 amide bonds. The molecular weight excluding hydrogens is 245 g/mol. The van der Waals surface area contributed by atoms with Gasteiger partial charge in [0.25, 0.3) is 0 Å². The molecule has 100 valence electrons. The maximum atomic E-state index is 13.2. The first-order chi connectivity index (χ1) is 8.69. The quantitative estimate of drug-likeness (QED) is 0.888. The van der Waals surface area contributed by atoms with Gasteiger partial charge < -0.3 is 5.32 Å². The van der Waals surface area contributed by atoms with Crippen molar-refractivity contribution in [3.63, 3.8) is 0 Å². The molecule has 0 heterocycles. The Labute approximate surface area is 114 Å². The van der Waals surface area contributed by atoms with E-state index in [0.717, 1.165) is 17.4 Å². The largest absolute Gasteiger partial charge is 0.310 e. The summed E-state index contributed by atoms with van der Waals surface area (Å²) in [6, 6.07) is 5.64. The SMILES string of the molecule is CSC1CCC(NCc2cc(F)ccc2C)CC1. The van der Waals surface area contributed by atoms with E-state index in [-0.39, 0.29) is 5.82 Å². The summed E-state index contributed by atoms with van der Waals surface area (Å²) in [4.78, 5) is 0. The van der Waals surface area contributed by atoms with E-state index in [1.165, 1.54) is 37.3 Å². The topological polar surface area (TPSA) is 12.0 Å². The Kier molecular flexibility index (Phi) is 5.07. The summed E-state index contributed by atoms with van der Waals surface area (Å²) in [7, 11) is 0. The van der Waals surface area contributed by atoms with Crippen LogP contribution in [-0.2, 0) is 6.54 Å². The second kappa shape index (κ2) is 6.58. The number of benzene rings is 1. The molecule has 1 aromatic carbocycles. The molecule has 1 aliphatic carbocycles. The highest BCUT2D eigenvalue weighted by Crippen LogP contribution is 2.27. The summed E-state index contributed by atoms with van der Waals surface area (Å²) in [5, 5.41) is 4.42. The molecule has 0 aliphatic heterocycles. The lowest BCUT2D eigenvalue weighted by molar-refractivity contribution is 0.378. The van der Waals surface area contributed by atoms with Crippen molar-refractivity contribution in [2.45, 2.75) is 50.4 Å². The molecule has 1 nitrogen and oxygen atoms in total. The monoisotopic (exact) mass is 267 g/mol. The zero-order valence-electron chi connectivity index (χ0n) is 11.2. The fourth-order valence-electron chi connectivity index (χ4n) is 2.59. The molecule has 0 saturated heterocycles. The van der Waals surface area contributed by atoms with Crippen LogP contribution in [0.15, 0.2) is 18.2 Å². The van der Waals surface area contributed by atoms with Crippen LogP contribution < -0.4 is 5.32 Å². The van der Waals surface area contributed by atoms with Gasteiger partial charge in [-0.15, -0.1) is 0 Å². The average Bonchev–Trinajstić information content (AvgIpc) is 2.40. The third-order valence-corrected chi connectivity index (χ3v) is 5.04. The predicted molar refractivity (Wildman–Crippen MR) is 77.5 cm³/mol. The lowest BCUT2D eigenvalue weighted by Gasteiger charge is -2.28. The van der Waals surface area contributed by atoms with Gasteiger partial charge in [0, 0.05) is 17.8 Å². The van der Waals surface area contributed by atoms with Crippen LogP contribution in [0.1, 0.15) is 36.8 Å². The molecule has 0 bridgehead atoms. The van der Waals surface area contributed by atoms with Gasteiger partial charge in [-0.3, -0.25) is 0 Å². The van der Waals surface area contributed by atoms with E-state index in [2.05, 4.69) is 11.6 Å². The maximum absolute atomic E-state index is 13.2. The van der Waals surface area contributed by atoms with E-state index in [0.29, 0.717) is 6.04 Å². The average molecular weight is 267 g/mol. The van der Waals surface area contributed by atoms with Crippen molar-refractivity contribution in [1.29, 1.82) is 0 Å². The molecule has 1 saturated carbocycles. The summed E-state index contributed by atoms with van der Waals surface area (Å²) in [5.41, 5.74) is 2.25. The Balaban J connectivity index is 1.83. The van der Waals surface area contributed by atoms with Crippen molar-refractivity contribution in [1.82, 2.24) is 5.32 Å². The molecular formula is C15H22FNS. The number of hydrogen-bond acceptors (Lipinski definition) is 2. The molecule has 0 spiro atoms. The standard InChI is InChI=1S/C15H22FNS/c1-11-3-4-13(16)9-12(11)10-17-14-5-7-15(18-2)8-6-14/h3-4,9,14-15,17H,5-8,10H2,1-2H3. The van der Waals surface area contributed by atoms with Gasteiger partial charge in [-0.2, -0.15) is 11.8 Å². The highest BCUT2D eigenvalue weighted by atomic mass is 32.2. The molecule has 0 atom stereocenters. The van der Waals surface area contributed by atoms with Gasteiger partial charge in [0.2, 0.25) is 0 Å². The van der Waals surface area contributed by atoms with Gasteiger partial charge in [0.05, 0.1) is 0 Å². The van der Waals surface area contributed by atoms with Crippen LogP contribution in [0.5, 0.6) is 0 Å². The number of aryl methyl sites for hydroxylation is 1. The Morgan fingerprint density at radius 1 is 1.28 bits per heavy atom. The highest BCUT2D eigenvalue weighted by molar-refractivity contribution is 7.99. The molecule has 0 aromatic heterocycles. The number of hydrogen-bond donors (Lipinski definition) is 1. The molecule has 3 heteroatoms. The highest BCUT2D eigenvalue weighted by Gasteiger charge is 2.19. The first-order valence-corrected chi connectivity index (χ1v) is 7.99. The zero-order valence-corrected chi connectivity index (χ0v) is 12.0. The molecule has 1 aliphatic rings. The molecule has 1 aromatic rings. The van der Waals surface area contributed by atoms with Gasteiger partial charge in [-0.05, 0) is 62.1 Å². The summed E-state index contributed by atoms with van der Waals surface area (Å²) >= 11 is 1.99.